The molecule has 0 amide bonds. The molecule has 0 saturated heterocycles. The summed E-state index contributed by atoms with van der Waals surface area (Å²) >= 11 is 2.99. The first-order chi connectivity index (χ1) is 6.06. The molecule has 0 radical (unpaired) electrons. The lowest BCUT2D eigenvalue weighted by atomic mass is 10.2. The summed E-state index contributed by atoms with van der Waals surface area (Å²) < 4.78 is 24.8. The summed E-state index contributed by atoms with van der Waals surface area (Å²) in [6, 6.07) is 0.952. The molecular formula is C7H7BrF2N2O. The van der Waals surface area contributed by atoms with E-state index in [-0.39, 0.29) is 22.3 Å². The van der Waals surface area contributed by atoms with Gasteiger partial charge in [0, 0.05) is 22.8 Å². The van der Waals surface area contributed by atoms with Crippen molar-refractivity contribution >= 4 is 21.6 Å². The third kappa shape index (κ3) is 2.06. The van der Waals surface area contributed by atoms with E-state index in [0.29, 0.717) is 0 Å². The maximum Gasteiger partial charge on any atom is 0.267 e. The van der Waals surface area contributed by atoms with Gasteiger partial charge in [-0.15, -0.1) is 0 Å². The smallest absolute Gasteiger partial charge is 0.267 e. The molecule has 3 nitrogen and oxygen atoms in total. The van der Waals surface area contributed by atoms with Crippen molar-refractivity contribution < 1.29 is 8.78 Å². The first-order valence-electron chi connectivity index (χ1n) is 3.42. The summed E-state index contributed by atoms with van der Waals surface area (Å²) in [6.45, 7) is 0. The third-order valence-corrected chi connectivity index (χ3v) is 2.11. The number of anilines is 1. The molecule has 6 heteroatoms. The molecule has 0 aliphatic carbocycles. The third-order valence-electron chi connectivity index (χ3n) is 1.55. The maximum absolute atomic E-state index is 12.4. The minimum atomic E-state index is -2.68. The lowest BCUT2D eigenvalue weighted by Gasteiger charge is -2.08. The summed E-state index contributed by atoms with van der Waals surface area (Å²) in [4.78, 5) is 13.1. The van der Waals surface area contributed by atoms with Crippen molar-refractivity contribution in [2.45, 2.75) is 11.8 Å². The number of halogens is 3. The second-order valence-electron chi connectivity index (χ2n) is 2.42. The van der Waals surface area contributed by atoms with Crippen LogP contribution in [0, 0.1) is 0 Å². The van der Waals surface area contributed by atoms with Crippen molar-refractivity contribution in [3.8, 4) is 0 Å². The van der Waals surface area contributed by atoms with Crippen LogP contribution in [0.5, 0.6) is 0 Å². The second kappa shape index (κ2) is 3.87. The molecule has 1 aromatic heterocycles. The zero-order valence-corrected chi connectivity index (χ0v) is 8.07. The van der Waals surface area contributed by atoms with E-state index in [1.165, 1.54) is 0 Å². The zero-order valence-electron chi connectivity index (χ0n) is 6.48. The highest BCUT2D eigenvalue weighted by molar-refractivity contribution is 9.08. The number of aromatic amines is 1. The number of nitrogens with two attached hydrogens (primary N) is 1. The normalized spacial score (nSPS) is 10.8. The van der Waals surface area contributed by atoms with E-state index in [0.717, 1.165) is 6.07 Å². The van der Waals surface area contributed by atoms with Crippen molar-refractivity contribution in [2.24, 2.45) is 0 Å². The van der Waals surface area contributed by atoms with Gasteiger partial charge in [-0.1, -0.05) is 15.9 Å². The average Bonchev–Trinajstić information content (AvgIpc) is 2.01. The fourth-order valence-electron chi connectivity index (χ4n) is 1.01. The van der Waals surface area contributed by atoms with Crippen LogP contribution in [-0.2, 0) is 5.33 Å². The molecule has 72 valence electrons. The molecule has 0 aromatic carbocycles. The summed E-state index contributed by atoms with van der Waals surface area (Å²) in [5.41, 5.74) is 4.45. The van der Waals surface area contributed by atoms with Crippen LogP contribution < -0.4 is 11.3 Å². The van der Waals surface area contributed by atoms with Gasteiger partial charge < -0.3 is 10.7 Å². The fourth-order valence-corrected chi connectivity index (χ4v) is 1.45. The largest absolute Gasteiger partial charge is 0.398 e. The monoisotopic (exact) mass is 252 g/mol. The molecule has 0 fully saturated rings. The Morgan fingerprint density at radius 1 is 1.62 bits per heavy atom. The Morgan fingerprint density at radius 3 is 2.69 bits per heavy atom. The Labute approximate surface area is 81.1 Å². The van der Waals surface area contributed by atoms with Crippen LogP contribution in [-0.4, -0.2) is 4.98 Å². The zero-order chi connectivity index (χ0) is 10.0. The number of nitrogens with one attached hydrogen (secondary N) is 1. The molecule has 0 unspecified atom stereocenters. The van der Waals surface area contributed by atoms with Crippen LogP contribution >= 0.6 is 15.9 Å². The molecule has 13 heavy (non-hydrogen) atoms. The number of H-pyrrole nitrogens is 1. The number of hydrogen-bond acceptors (Lipinski definition) is 2. The number of pyridine rings is 1. The van der Waals surface area contributed by atoms with Gasteiger partial charge in [0.2, 0.25) is 5.56 Å². The average molecular weight is 253 g/mol. The summed E-state index contributed by atoms with van der Waals surface area (Å²) in [5.74, 6) is 0. The van der Waals surface area contributed by atoms with Crippen LogP contribution in [0.25, 0.3) is 0 Å². The fraction of sp³-hybridized carbons (Fsp3) is 0.286. The van der Waals surface area contributed by atoms with Gasteiger partial charge in [-0.2, -0.15) is 0 Å². The van der Waals surface area contributed by atoms with E-state index in [1.807, 2.05) is 0 Å². The highest BCUT2D eigenvalue weighted by Gasteiger charge is 2.16. The molecular weight excluding hydrogens is 246 g/mol. The molecule has 0 bridgehead atoms. The van der Waals surface area contributed by atoms with E-state index in [1.54, 1.807) is 0 Å². The maximum atomic E-state index is 12.4. The first-order valence-corrected chi connectivity index (χ1v) is 4.54. The molecule has 1 heterocycles. The lowest BCUT2D eigenvalue weighted by Crippen LogP contribution is -2.13. The summed E-state index contributed by atoms with van der Waals surface area (Å²) in [5, 5.41) is 0.146. The van der Waals surface area contributed by atoms with Crippen molar-refractivity contribution in [3.05, 3.63) is 27.7 Å². The van der Waals surface area contributed by atoms with Crippen molar-refractivity contribution in [2.75, 3.05) is 5.73 Å². The Kier molecular flexibility index (Phi) is 3.02. The molecule has 0 aliphatic heterocycles. The Balaban J connectivity index is 3.38. The van der Waals surface area contributed by atoms with Gasteiger partial charge in [0.05, 0.1) is 5.56 Å². The van der Waals surface area contributed by atoms with Crippen LogP contribution in [0.2, 0.25) is 0 Å². The highest BCUT2D eigenvalue weighted by atomic mass is 79.9. The number of alkyl halides is 3. The minimum absolute atomic E-state index is 0.125. The van der Waals surface area contributed by atoms with E-state index in [9.17, 15) is 13.6 Å². The Morgan fingerprint density at radius 2 is 2.23 bits per heavy atom. The van der Waals surface area contributed by atoms with E-state index >= 15 is 0 Å². The quantitative estimate of drug-likeness (QED) is 0.789. The lowest BCUT2D eigenvalue weighted by molar-refractivity contribution is 0.151. The summed E-state index contributed by atoms with van der Waals surface area (Å²) in [7, 11) is 0. The molecule has 1 rings (SSSR count). The highest BCUT2D eigenvalue weighted by Crippen LogP contribution is 2.27. The molecule has 3 N–H and O–H groups in total. The van der Waals surface area contributed by atoms with Crippen molar-refractivity contribution in [3.63, 3.8) is 0 Å². The Hall–Kier alpha value is -0.910. The van der Waals surface area contributed by atoms with Gasteiger partial charge in [0.25, 0.3) is 6.43 Å². The van der Waals surface area contributed by atoms with Crippen LogP contribution in [0.1, 0.15) is 17.7 Å². The van der Waals surface area contributed by atoms with Crippen LogP contribution in [0.15, 0.2) is 10.9 Å². The molecule has 0 atom stereocenters. The molecule has 1 aromatic rings. The summed E-state index contributed by atoms with van der Waals surface area (Å²) in [6.07, 6.45) is -2.68. The van der Waals surface area contributed by atoms with E-state index < -0.39 is 12.0 Å². The van der Waals surface area contributed by atoms with Gasteiger partial charge in [0.15, 0.2) is 0 Å². The second-order valence-corrected chi connectivity index (χ2v) is 2.98. The van der Waals surface area contributed by atoms with Crippen LogP contribution in [0.3, 0.4) is 0 Å². The number of nitrogen functional groups attached to an aromatic ring is 1. The van der Waals surface area contributed by atoms with E-state index in [2.05, 4.69) is 20.9 Å². The minimum Gasteiger partial charge on any atom is -0.398 e. The standard InChI is InChI=1S/C7H7BrF2N2O/c8-2-4-6(7(9)10)3(11)1-5(13)12-4/h1,7H,2H2,(H3,11,12,13). The number of hydrogen-bond donors (Lipinski definition) is 2. The molecule has 0 spiro atoms. The van der Waals surface area contributed by atoms with Crippen LogP contribution in [0.4, 0.5) is 14.5 Å². The number of aromatic nitrogens is 1. The van der Waals surface area contributed by atoms with Crippen molar-refractivity contribution in [1.82, 2.24) is 4.98 Å². The van der Waals surface area contributed by atoms with Gasteiger partial charge in [-0.25, -0.2) is 8.78 Å². The van der Waals surface area contributed by atoms with Gasteiger partial charge >= 0.3 is 0 Å². The molecule has 0 saturated carbocycles. The first kappa shape index (κ1) is 10.2. The predicted molar refractivity (Wildman–Crippen MR) is 49.1 cm³/mol. The van der Waals surface area contributed by atoms with E-state index in [4.69, 9.17) is 5.73 Å². The Bertz CT molecular complexity index is 364. The predicted octanol–water partition coefficient (Wildman–Crippen LogP) is 1.79. The van der Waals surface area contributed by atoms with Gasteiger partial charge in [-0.3, -0.25) is 4.79 Å². The van der Waals surface area contributed by atoms with Crippen molar-refractivity contribution in [1.29, 1.82) is 0 Å². The number of rotatable bonds is 2. The molecule has 0 aliphatic rings. The topological polar surface area (TPSA) is 58.9 Å². The SMILES string of the molecule is Nc1cc(=O)[nH]c(CBr)c1C(F)F. The van der Waals surface area contributed by atoms with Gasteiger partial charge in [0.1, 0.15) is 0 Å². The van der Waals surface area contributed by atoms with Gasteiger partial charge in [-0.05, 0) is 0 Å².